The average molecular weight is 234 g/mol. The summed E-state index contributed by atoms with van der Waals surface area (Å²) in [7, 11) is 0. The van der Waals surface area contributed by atoms with E-state index in [2.05, 4.69) is 24.6 Å². The molecule has 1 N–H and O–H groups in total. The molecule has 0 saturated heterocycles. The van der Waals surface area contributed by atoms with Crippen LogP contribution < -0.4 is 5.32 Å². The Hall–Kier alpha value is -1.14. The molecule has 86 valence electrons. The van der Waals surface area contributed by atoms with E-state index in [1.807, 2.05) is 36.9 Å². The van der Waals surface area contributed by atoms with Gasteiger partial charge in [0.25, 0.3) is 0 Å². The van der Waals surface area contributed by atoms with Crippen molar-refractivity contribution in [2.45, 2.75) is 26.3 Å². The van der Waals surface area contributed by atoms with Gasteiger partial charge in [-0.25, -0.2) is 0 Å². The van der Waals surface area contributed by atoms with Crippen LogP contribution in [-0.4, -0.2) is 18.1 Å². The summed E-state index contributed by atoms with van der Waals surface area (Å²) in [6, 6.07) is 8.53. The van der Waals surface area contributed by atoms with Crippen LogP contribution in [0, 0.1) is 18.3 Å². The highest BCUT2D eigenvalue weighted by atomic mass is 32.2. The van der Waals surface area contributed by atoms with Crippen LogP contribution in [0.2, 0.25) is 0 Å². The molecule has 0 fully saturated rings. The van der Waals surface area contributed by atoms with Crippen molar-refractivity contribution < 1.29 is 0 Å². The lowest BCUT2D eigenvalue weighted by Crippen LogP contribution is -2.15. The number of hydrogen-bond donors (Lipinski definition) is 1. The molecular weight excluding hydrogens is 216 g/mol. The summed E-state index contributed by atoms with van der Waals surface area (Å²) < 4.78 is 0. The Labute approximate surface area is 102 Å². The number of hydrogen-bond acceptors (Lipinski definition) is 3. The second-order valence-electron chi connectivity index (χ2n) is 3.97. The summed E-state index contributed by atoms with van der Waals surface area (Å²) >= 11 is 1.87. The number of benzene rings is 1. The topological polar surface area (TPSA) is 35.8 Å². The first kappa shape index (κ1) is 12.9. The first-order chi connectivity index (χ1) is 7.67. The van der Waals surface area contributed by atoms with Gasteiger partial charge in [-0.15, -0.1) is 0 Å². The van der Waals surface area contributed by atoms with Crippen molar-refractivity contribution >= 4 is 17.4 Å². The van der Waals surface area contributed by atoms with Gasteiger partial charge in [0.2, 0.25) is 0 Å². The van der Waals surface area contributed by atoms with Crippen LogP contribution in [0.4, 0.5) is 5.69 Å². The van der Waals surface area contributed by atoms with Crippen LogP contribution in [0.5, 0.6) is 0 Å². The minimum Gasteiger partial charge on any atom is -0.383 e. The number of anilines is 1. The number of nitrogens with zero attached hydrogens (tertiary/aromatic N) is 1. The maximum absolute atomic E-state index is 8.83. The molecule has 2 nitrogen and oxygen atoms in total. The minimum atomic E-state index is 0.472. The van der Waals surface area contributed by atoms with Crippen LogP contribution >= 0.6 is 11.8 Å². The highest BCUT2D eigenvalue weighted by Crippen LogP contribution is 2.16. The molecule has 0 aliphatic heterocycles. The van der Waals surface area contributed by atoms with Crippen molar-refractivity contribution in [1.29, 1.82) is 5.26 Å². The normalized spacial score (nSPS) is 11.9. The Balaban J connectivity index is 2.61. The van der Waals surface area contributed by atoms with Crippen LogP contribution in [0.25, 0.3) is 0 Å². The highest BCUT2D eigenvalue weighted by molar-refractivity contribution is 7.98. The lowest BCUT2D eigenvalue weighted by atomic mass is 10.1. The summed E-state index contributed by atoms with van der Waals surface area (Å²) in [6.07, 6.45) is 3.28. The standard InChI is InChI=1S/C13H18N2S/c1-10-8-13(5-4-12(10)9-14)15-11(2)6-7-16-3/h4-5,8,11,15H,6-7H2,1-3H3. The SMILES string of the molecule is CSCCC(C)Nc1ccc(C#N)c(C)c1. The molecule has 1 atom stereocenters. The first-order valence-corrected chi connectivity index (χ1v) is 6.83. The van der Waals surface area contributed by atoms with Crippen molar-refractivity contribution in [2.75, 3.05) is 17.3 Å². The monoisotopic (exact) mass is 234 g/mol. The molecule has 0 saturated carbocycles. The third-order valence-corrected chi connectivity index (χ3v) is 3.16. The van der Waals surface area contributed by atoms with Gasteiger partial charge in [-0.2, -0.15) is 17.0 Å². The van der Waals surface area contributed by atoms with Crippen LogP contribution in [0.3, 0.4) is 0 Å². The van der Waals surface area contributed by atoms with Crippen molar-refractivity contribution in [1.82, 2.24) is 0 Å². The molecule has 0 aliphatic rings. The predicted octanol–water partition coefficient (Wildman–Crippen LogP) is 3.42. The van der Waals surface area contributed by atoms with Gasteiger partial charge in [0.15, 0.2) is 0 Å². The Kier molecular flexibility index (Phi) is 5.21. The maximum Gasteiger partial charge on any atom is 0.0994 e. The smallest absolute Gasteiger partial charge is 0.0994 e. The van der Waals surface area contributed by atoms with E-state index in [1.165, 1.54) is 5.75 Å². The molecule has 3 heteroatoms. The number of aryl methyl sites for hydroxylation is 1. The molecule has 0 aromatic heterocycles. The number of rotatable bonds is 5. The fraction of sp³-hybridized carbons (Fsp3) is 0.462. The van der Waals surface area contributed by atoms with Crippen LogP contribution in [0.15, 0.2) is 18.2 Å². The summed E-state index contributed by atoms with van der Waals surface area (Å²) in [6.45, 7) is 4.15. The Morgan fingerprint density at radius 3 is 2.81 bits per heavy atom. The first-order valence-electron chi connectivity index (χ1n) is 5.43. The van der Waals surface area contributed by atoms with Crippen molar-refractivity contribution in [3.05, 3.63) is 29.3 Å². The van der Waals surface area contributed by atoms with E-state index in [0.29, 0.717) is 6.04 Å². The van der Waals surface area contributed by atoms with Gasteiger partial charge >= 0.3 is 0 Å². The largest absolute Gasteiger partial charge is 0.383 e. The predicted molar refractivity (Wildman–Crippen MR) is 72.0 cm³/mol. The van der Waals surface area contributed by atoms with Gasteiger partial charge in [-0.1, -0.05) is 0 Å². The van der Waals surface area contributed by atoms with E-state index in [0.717, 1.165) is 23.2 Å². The molecule has 1 aromatic rings. The Morgan fingerprint density at radius 2 is 2.25 bits per heavy atom. The maximum atomic E-state index is 8.83. The lowest BCUT2D eigenvalue weighted by Gasteiger charge is -2.15. The number of nitrogens with one attached hydrogen (secondary N) is 1. The zero-order chi connectivity index (χ0) is 12.0. The van der Waals surface area contributed by atoms with Gasteiger partial charge in [0.1, 0.15) is 0 Å². The lowest BCUT2D eigenvalue weighted by molar-refractivity contribution is 0.772. The molecule has 0 spiro atoms. The van der Waals surface area contributed by atoms with E-state index in [-0.39, 0.29) is 0 Å². The minimum absolute atomic E-state index is 0.472. The van der Waals surface area contributed by atoms with Gasteiger partial charge < -0.3 is 5.32 Å². The molecule has 16 heavy (non-hydrogen) atoms. The molecule has 0 bridgehead atoms. The van der Waals surface area contributed by atoms with E-state index in [1.54, 1.807) is 0 Å². The molecular formula is C13H18N2S. The van der Waals surface area contributed by atoms with E-state index in [4.69, 9.17) is 5.26 Å². The third-order valence-electron chi connectivity index (χ3n) is 2.51. The van der Waals surface area contributed by atoms with Crippen molar-refractivity contribution in [2.24, 2.45) is 0 Å². The quantitative estimate of drug-likeness (QED) is 0.848. The summed E-state index contributed by atoms with van der Waals surface area (Å²) in [5, 5.41) is 12.3. The van der Waals surface area contributed by atoms with E-state index < -0.39 is 0 Å². The van der Waals surface area contributed by atoms with Gasteiger partial charge in [-0.05, 0) is 56.0 Å². The second-order valence-corrected chi connectivity index (χ2v) is 4.95. The zero-order valence-corrected chi connectivity index (χ0v) is 10.9. The molecule has 0 amide bonds. The molecule has 0 heterocycles. The highest BCUT2D eigenvalue weighted by Gasteiger charge is 2.03. The summed E-state index contributed by atoms with van der Waals surface area (Å²) in [4.78, 5) is 0. The van der Waals surface area contributed by atoms with Crippen LogP contribution in [0.1, 0.15) is 24.5 Å². The third kappa shape index (κ3) is 3.79. The fourth-order valence-electron chi connectivity index (χ4n) is 1.53. The van der Waals surface area contributed by atoms with Crippen LogP contribution in [-0.2, 0) is 0 Å². The van der Waals surface area contributed by atoms with Gasteiger partial charge in [-0.3, -0.25) is 0 Å². The number of nitriles is 1. The molecule has 1 unspecified atom stereocenters. The van der Waals surface area contributed by atoms with Crippen molar-refractivity contribution in [3.63, 3.8) is 0 Å². The molecule has 0 aliphatic carbocycles. The summed E-state index contributed by atoms with van der Waals surface area (Å²) in [5.41, 5.74) is 2.89. The Bertz CT molecular complexity index is 382. The zero-order valence-electron chi connectivity index (χ0n) is 10.1. The molecule has 1 rings (SSSR count). The van der Waals surface area contributed by atoms with E-state index >= 15 is 0 Å². The number of thioether (sulfide) groups is 1. The van der Waals surface area contributed by atoms with E-state index in [9.17, 15) is 0 Å². The second kappa shape index (κ2) is 6.44. The average Bonchev–Trinajstić information content (AvgIpc) is 2.26. The Morgan fingerprint density at radius 1 is 1.50 bits per heavy atom. The fourth-order valence-corrected chi connectivity index (χ4v) is 2.12. The molecule has 0 radical (unpaired) electrons. The van der Waals surface area contributed by atoms with Crippen molar-refractivity contribution in [3.8, 4) is 6.07 Å². The summed E-state index contributed by atoms with van der Waals surface area (Å²) in [5.74, 6) is 1.17. The molecule has 1 aromatic carbocycles. The van der Waals surface area contributed by atoms with Gasteiger partial charge in [0.05, 0.1) is 11.6 Å². The van der Waals surface area contributed by atoms with Gasteiger partial charge in [0, 0.05) is 11.7 Å².